The molecule has 4 heteroatoms. The first-order valence-corrected chi connectivity index (χ1v) is 2.65. The Morgan fingerprint density at radius 1 is 1.50 bits per heavy atom. The van der Waals surface area contributed by atoms with Gasteiger partial charge in [0.05, 0.1) is 0 Å². The molecule has 10 heavy (non-hydrogen) atoms. The fraction of sp³-hybridized carbons (Fsp3) is 0.167. The van der Waals surface area contributed by atoms with E-state index in [0.717, 1.165) is 12.2 Å². The number of carbonyl (C=O) groups excluding carboxylic acids is 1. The number of carbonyl (C=O) groups is 2. The molecular weight excluding hydrogens is 134 g/mol. The summed E-state index contributed by atoms with van der Waals surface area (Å²) in [6.07, 6.45) is 1.71. The summed E-state index contributed by atoms with van der Waals surface area (Å²) in [4.78, 5) is 20.3. The van der Waals surface area contributed by atoms with Gasteiger partial charge in [0.15, 0.2) is 0 Å². The summed E-state index contributed by atoms with van der Waals surface area (Å²) in [6.45, 7) is 3.59. The molecule has 0 aliphatic carbocycles. The monoisotopic (exact) mass is 142 g/mol. The molecule has 0 saturated heterocycles. The van der Waals surface area contributed by atoms with Crippen LogP contribution in [0.2, 0.25) is 0 Å². The molecule has 0 aliphatic heterocycles. The first kappa shape index (κ1) is 8.68. The summed E-state index contributed by atoms with van der Waals surface area (Å²) < 4.78 is 0. The van der Waals surface area contributed by atoms with E-state index in [2.05, 4.69) is 12.2 Å². The molecular formula is C6H8NO3. The second-order valence-corrected chi connectivity index (χ2v) is 1.46. The van der Waals surface area contributed by atoms with E-state index in [0.29, 0.717) is 0 Å². The fourth-order valence-electron chi connectivity index (χ4n) is 0.329. The summed E-state index contributed by atoms with van der Waals surface area (Å²) in [5, 5.41) is 10.3. The Morgan fingerprint density at radius 3 is 2.50 bits per heavy atom. The van der Waals surface area contributed by atoms with Crippen LogP contribution in [0.1, 0.15) is 0 Å². The zero-order chi connectivity index (χ0) is 7.98. The standard InChI is InChI=1S/C6H8NO3/c1-2-7-5(8)3-4-6(9)10/h3-4H,1-2H2,(H,7,8)(H,9,10). The van der Waals surface area contributed by atoms with Crippen molar-refractivity contribution in [1.82, 2.24) is 5.32 Å². The van der Waals surface area contributed by atoms with Gasteiger partial charge in [-0.3, -0.25) is 4.79 Å². The molecule has 0 aliphatic rings. The predicted octanol–water partition coefficient (Wildman–Crippen LogP) is -0.423. The number of nitrogens with one attached hydrogen (secondary N) is 1. The number of amides is 1. The van der Waals surface area contributed by atoms with Gasteiger partial charge in [0.1, 0.15) is 0 Å². The maximum Gasteiger partial charge on any atom is 0.328 e. The Hall–Kier alpha value is -1.32. The molecule has 2 N–H and O–H groups in total. The van der Waals surface area contributed by atoms with Crippen molar-refractivity contribution < 1.29 is 14.7 Å². The summed E-state index contributed by atoms with van der Waals surface area (Å²) >= 11 is 0. The minimum Gasteiger partial charge on any atom is -0.478 e. The summed E-state index contributed by atoms with van der Waals surface area (Å²) in [5.41, 5.74) is 0. The van der Waals surface area contributed by atoms with Crippen LogP contribution in [-0.2, 0) is 9.59 Å². The highest BCUT2D eigenvalue weighted by atomic mass is 16.4. The van der Waals surface area contributed by atoms with Gasteiger partial charge < -0.3 is 10.4 Å². The van der Waals surface area contributed by atoms with Gasteiger partial charge in [0.25, 0.3) is 0 Å². The minimum absolute atomic E-state index is 0.253. The van der Waals surface area contributed by atoms with Gasteiger partial charge in [0.2, 0.25) is 5.91 Å². The largest absolute Gasteiger partial charge is 0.478 e. The smallest absolute Gasteiger partial charge is 0.328 e. The number of hydrogen-bond donors (Lipinski definition) is 2. The molecule has 0 aromatic carbocycles. The Labute approximate surface area is 58.5 Å². The van der Waals surface area contributed by atoms with Gasteiger partial charge in [-0.25, -0.2) is 4.79 Å². The summed E-state index contributed by atoms with van der Waals surface area (Å²) in [5.74, 6) is -1.59. The lowest BCUT2D eigenvalue weighted by molar-refractivity contribution is -0.131. The van der Waals surface area contributed by atoms with Crippen LogP contribution in [-0.4, -0.2) is 23.5 Å². The van der Waals surface area contributed by atoms with Crippen LogP contribution in [0, 0.1) is 6.92 Å². The van der Waals surface area contributed by atoms with Crippen LogP contribution in [0.4, 0.5) is 0 Å². The highest BCUT2D eigenvalue weighted by Crippen LogP contribution is 1.72. The Morgan fingerprint density at radius 2 is 2.10 bits per heavy atom. The van der Waals surface area contributed by atoms with Crippen molar-refractivity contribution in [2.24, 2.45) is 0 Å². The first-order chi connectivity index (χ1) is 4.66. The third-order valence-corrected chi connectivity index (χ3v) is 0.677. The molecule has 1 radical (unpaired) electrons. The van der Waals surface area contributed by atoms with Gasteiger partial charge in [-0.05, 0) is 6.92 Å². The van der Waals surface area contributed by atoms with Gasteiger partial charge >= 0.3 is 5.97 Å². The lowest BCUT2D eigenvalue weighted by Gasteiger charge is -1.91. The van der Waals surface area contributed by atoms with E-state index in [1.807, 2.05) is 0 Å². The molecule has 0 spiro atoms. The van der Waals surface area contributed by atoms with Crippen LogP contribution >= 0.6 is 0 Å². The molecule has 0 aromatic rings. The molecule has 1 amide bonds. The number of carboxylic acids is 1. The van der Waals surface area contributed by atoms with E-state index in [-0.39, 0.29) is 6.54 Å². The van der Waals surface area contributed by atoms with Crippen LogP contribution in [0.3, 0.4) is 0 Å². The molecule has 0 atom stereocenters. The van der Waals surface area contributed by atoms with E-state index in [9.17, 15) is 9.59 Å². The van der Waals surface area contributed by atoms with Crippen LogP contribution in [0.5, 0.6) is 0 Å². The lowest BCUT2D eigenvalue weighted by atomic mass is 10.4. The topological polar surface area (TPSA) is 66.4 Å². The van der Waals surface area contributed by atoms with Gasteiger partial charge in [-0.2, -0.15) is 0 Å². The molecule has 0 heterocycles. The average molecular weight is 142 g/mol. The molecule has 0 unspecified atom stereocenters. The Balaban J connectivity index is 3.67. The van der Waals surface area contributed by atoms with Crippen LogP contribution in [0.15, 0.2) is 12.2 Å². The number of carboxylic acid groups (broad SMARTS) is 1. The predicted molar refractivity (Wildman–Crippen MR) is 35.1 cm³/mol. The van der Waals surface area contributed by atoms with E-state index < -0.39 is 11.9 Å². The highest BCUT2D eigenvalue weighted by molar-refractivity contribution is 5.93. The molecule has 0 fully saturated rings. The van der Waals surface area contributed by atoms with Crippen LogP contribution in [0.25, 0.3) is 0 Å². The van der Waals surface area contributed by atoms with E-state index in [4.69, 9.17) is 5.11 Å². The quantitative estimate of drug-likeness (QED) is 0.526. The third kappa shape index (κ3) is 4.83. The van der Waals surface area contributed by atoms with Crippen molar-refractivity contribution in [3.63, 3.8) is 0 Å². The second kappa shape index (κ2) is 4.55. The SMILES string of the molecule is [CH2]CNC(=O)C=CC(=O)O. The van der Waals surface area contributed by atoms with Crippen molar-refractivity contribution in [2.45, 2.75) is 0 Å². The third-order valence-electron chi connectivity index (χ3n) is 0.677. The second-order valence-electron chi connectivity index (χ2n) is 1.46. The number of rotatable bonds is 3. The van der Waals surface area contributed by atoms with Gasteiger partial charge in [-0.15, -0.1) is 0 Å². The summed E-state index contributed by atoms with van der Waals surface area (Å²) in [7, 11) is 0. The highest BCUT2D eigenvalue weighted by Gasteiger charge is 1.91. The van der Waals surface area contributed by atoms with Crippen LogP contribution < -0.4 is 5.32 Å². The Bertz CT molecular complexity index is 162. The molecule has 55 valence electrons. The van der Waals surface area contributed by atoms with Gasteiger partial charge in [-0.1, -0.05) is 0 Å². The van der Waals surface area contributed by atoms with E-state index in [1.165, 1.54) is 0 Å². The van der Waals surface area contributed by atoms with E-state index >= 15 is 0 Å². The number of aliphatic carboxylic acids is 1. The van der Waals surface area contributed by atoms with Crippen molar-refractivity contribution in [3.8, 4) is 0 Å². The van der Waals surface area contributed by atoms with Crippen molar-refractivity contribution in [1.29, 1.82) is 0 Å². The van der Waals surface area contributed by atoms with Crippen molar-refractivity contribution >= 4 is 11.9 Å². The first-order valence-electron chi connectivity index (χ1n) is 2.65. The van der Waals surface area contributed by atoms with Gasteiger partial charge in [0, 0.05) is 18.7 Å². The Kier molecular flexibility index (Phi) is 3.95. The normalized spacial score (nSPS) is 9.70. The fourth-order valence-corrected chi connectivity index (χ4v) is 0.329. The zero-order valence-electron chi connectivity index (χ0n) is 5.33. The average Bonchev–Trinajstić information content (AvgIpc) is 1.85. The number of hydrogen-bond acceptors (Lipinski definition) is 2. The minimum atomic E-state index is -1.14. The molecule has 0 bridgehead atoms. The van der Waals surface area contributed by atoms with Crippen molar-refractivity contribution in [3.05, 3.63) is 19.1 Å². The zero-order valence-corrected chi connectivity index (χ0v) is 5.33. The maximum absolute atomic E-state index is 10.4. The maximum atomic E-state index is 10.4. The summed E-state index contributed by atoms with van der Waals surface area (Å²) in [6, 6.07) is 0. The van der Waals surface area contributed by atoms with E-state index in [1.54, 1.807) is 0 Å². The molecule has 0 saturated carbocycles. The molecule has 0 rings (SSSR count). The molecule has 0 aromatic heterocycles. The van der Waals surface area contributed by atoms with Crippen molar-refractivity contribution in [2.75, 3.05) is 6.54 Å². The lowest BCUT2D eigenvalue weighted by Crippen LogP contribution is -2.20. The molecule has 4 nitrogen and oxygen atoms in total.